The number of anilines is 1. The number of pyridine rings is 1. The van der Waals surface area contributed by atoms with Gasteiger partial charge < -0.3 is 9.84 Å². The minimum absolute atomic E-state index is 0.0971. The molecule has 1 heterocycles. The Morgan fingerprint density at radius 1 is 1.50 bits per heavy atom. The van der Waals surface area contributed by atoms with Crippen LogP contribution in [0.1, 0.15) is 5.69 Å². The van der Waals surface area contributed by atoms with Crippen molar-refractivity contribution in [2.75, 3.05) is 24.2 Å². The summed E-state index contributed by atoms with van der Waals surface area (Å²) in [4.78, 5) is 14.3. The second kappa shape index (κ2) is 6.31. The van der Waals surface area contributed by atoms with Crippen LogP contribution in [0.2, 0.25) is 0 Å². The van der Waals surface area contributed by atoms with Crippen molar-refractivity contribution >= 4 is 21.7 Å². The molecular weight excluding hydrogens is 260 g/mol. The van der Waals surface area contributed by atoms with E-state index in [0.29, 0.717) is 11.4 Å². The van der Waals surface area contributed by atoms with Gasteiger partial charge in [0.15, 0.2) is 0 Å². The summed E-state index contributed by atoms with van der Waals surface area (Å²) >= 11 is 0. The van der Waals surface area contributed by atoms with Gasteiger partial charge >= 0.3 is 5.97 Å². The third-order valence-corrected chi connectivity index (χ3v) is 3.24. The Labute approximate surface area is 105 Å². The van der Waals surface area contributed by atoms with Crippen LogP contribution < -0.4 is 4.72 Å². The van der Waals surface area contributed by atoms with Crippen LogP contribution in [0.4, 0.5) is 5.69 Å². The molecule has 0 fully saturated rings. The number of nitrogens with one attached hydrogen (secondary N) is 1. The maximum absolute atomic E-state index is 11.5. The summed E-state index contributed by atoms with van der Waals surface area (Å²) in [6, 6.07) is 2.93. The molecule has 0 radical (unpaired) electrons. The fourth-order valence-electron chi connectivity index (χ4n) is 1.17. The van der Waals surface area contributed by atoms with Crippen molar-refractivity contribution in [1.29, 1.82) is 0 Å². The van der Waals surface area contributed by atoms with Crippen molar-refractivity contribution in [2.24, 2.45) is 0 Å². The van der Waals surface area contributed by atoms with E-state index in [1.807, 2.05) is 0 Å². The van der Waals surface area contributed by atoms with Gasteiger partial charge in [-0.15, -0.1) is 0 Å². The van der Waals surface area contributed by atoms with Crippen LogP contribution in [0, 0.1) is 0 Å². The number of sulfonamides is 1. The van der Waals surface area contributed by atoms with Crippen molar-refractivity contribution in [2.45, 2.75) is 6.42 Å². The lowest BCUT2D eigenvalue weighted by Crippen LogP contribution is -2.19. The fourth-order valence-corrected chi connectivity index (χ4v) is 2.14. The van der Waals surface area contributed by atoms with Gasteiger partial charge in [0.25, 0.3) is 0 Å². The predicted molar refractivity (Wildman–Crippen MR) is 64.9 cm³/mol. The van der Waals surface area contributed by atoms with Crippen LogP contribution in [-0.4, -0.2) is 43.9 Å². The van der Waals surface area contributed by atoms with Gasteiger partial charge in [-0.05, 0) is 12.1 Å². The minimum atomic E-state index is -3.46. The number of aromatic nitrogens is 1. The summed E-state index contributed by atoms with van der Waals surface area (Å²) in [7, 11) is -2.05. The summed E-state index contributed by atoms with van der Waals surface area (Å²) in [5, 5.41) is 8.55. The first-order valence-corrected chi connectivity index (χ1v) is 6.74. The van der Waals surface area contributed by atoms with Gasteiger partial charge in [0.2, 0.25) is 10.0 Å². The molecule has 1 aromatic rings. The number of methoxy groups -OCH3 is 1. The molecule has 0 saturated carbocycles. The first kappa shape index (κ1) is 14.4. The molecular formula is C10H14N2O5S. The highest BCUT2D eigenvalue weighted by molar-refractivity contribution is 7.92. The van der Waals surface area contributed by atoms with Crippen molar-refractivity contribution in [3.05, 3.63) is 24.0 Å². The summed E-state index contributed by atoms with van der Waals surface area (Å²) in [5.41, 5.74) is 0.655. The molecule has 0 aliphatic heterocycles. The van der Waals surface area contributed by atoms with E-state index >= 15 is 0 Å². The van der Waals surface area contributed by atoms with Crippen molar-refractivity contribution in [1.82, 2.24) is 4.98 Å². The van der Waals surface area contributed by atoms with Gasteiger partial charge in [0, 0.05) is 7.11 Å². The molecule has 1 aromatic heterocycles. The quantitative estimate of drug-likeness (QED) is 0.730. The third-order valence-electron chi connectivity index (χ3n) is 1.99. The van der Waals surface area contributed by atoms with E-state index in [4.69, 9.17) is 5.11 Å². The zero-order valence-electron chi connectivity index (χ0n) is 9.79. The minimum Gasteiger partial charge on any atom is -0.481 e. The number of ether oxygens (including phenoxy) is 1. The maximum Gasteiger partial charge on any atom is 0.309 e. The predicted octanol–water partition coefficient (Wildman–Crippen LogP) is 0.0968. The monoisotopic (exact) mass is 274 g/mol. The van der Waals surface area contributed by atoms with Crippen molar-refractivity contribution in [3.63, 3.8) is 0 Å². The molecule has 0 atom stereocenters. The molecule has 100 valence electrons. The van der Waals surface area contributed by atoms with Crippen LogP contribution in [0.5, 0.6) is 0 Å². The Bertz CT molecular complexity index is 498. The largest absolute Gasteiger partial charge is 0.481 e. The van der Waals surface area contributed by atoms with E-state index in [1.165, 1.54) is 25.4 Å². The number of carbonyl (C=O) groups is 1. The third kappa shape index (κ3) is 5.11. The van der Waals surface area contributed by atoms with Gasteiger partial charge in [0.1, 0.15) is 0 Å². The SMILES string of the molecule is COCCS(=O)(=O)Nc1ccc(CC(=O)O)nc1. The normalized spacial score (nSPS) is 11.2. The Balaban J connectivity index is 2.66. The molecule has 0 amide bonds. The highest BCUT2D eigenvalue weighted by atomic mass is 32.2. The molecule has 0 aliphatic carbocycles. The summed E-state index contributed by atoms with van der Waals surface area (Å²) in [5.74, 6) is -1.14. The van der Waals surface area contributed by atoms with Gasteiger partial charge in [0.05, 0.1) is 36.4 Å². The summed E-state index contributed by atoms with van der Waals surface area (Å²) in [6.45, 7) is 0.0971. The molecule has 0 aliphatic rings. The molecule has 18 heavy (non-hydrogen) atoms. The van der Waals surface area contributed by atoms with Gasteiger partial charge in [-0.3, -0.25) is 14.5 Å². The van der Waals surface area contributed by atoms with Gasteiger partial charge in [-0.2, -0.15) is 0 Å². The van der Waals surface area contributed by atoms with E-state index < -0.39 is 16.0 Å². The highest BCUT2D eigenvalue weighted by Gasteiger charge is 2.10. The van der Waals surface area contributed by atoms with Crippen molar-refractivity contribution in [3.8, 4) is 0 Å². The number of hydrogen-bond donors (Lipinski definition) is 2. The summed E-state index contributed by atoms with van der Waals surface area (Å²) < 4.78 is 30.0. The fraction of sp³-hybridized carbons (Fsp3) is 0.400. The zero-order chi connectivity index (χ0) is 13.6. The molecule has 0 unspecified atom stereocenters. The number of rotatable bonds is 7. The second-order valence-corrected chi connectivity index (χ2v) is 5.36. The Morgan fingerprint density at radius 2 is 2.22 bits per heavy atom. The second-order valence-electron chi connectivity index (χ2n) is 3.52. The molecule has 0 aromatic carbocycles. The average Bonchev–Trinajstić information content (AvgIpc) is 2.28. The van der Waals surface area contributed by atoms with Crippen LogP contribution >= 0.6 is 0 Å². The summed E-state index contributed by atoms with van der Waals surface area (Å²) in [6.07, 6.45) is 1.08. The Hall–Kier alpha value is -1.67. The van der Waals surface area contributed by atoms with Crippen LogP contribution in [0.3, 0.4) is 0 Å². The van der Waals surface area contributed by atoms with E-state index in [1.54, 1.807) is 0 Å². The maximum atomic E-state index is 11.5. The molecule has 0 saturated heterocycles. The van der Waals surface area contributed by atoms with E-state index in [9.17, 15) is 13.2 Å². The number of aliphatic carboxylic acids is 1. The smallest absolute Gasteiger partial charge is 0.309 e. The molecule has 1 rings (SSSR count). The number of hydrogen-bond acceptors (Lipinski definition) is 5. The lowest BCUT2D eigenvalue weighted by molar-refractivity contribution is -0.136. The molecule has 8 heteroatoms. The van der Waals surface area contributed by atoms with Crippen LogP contribution in [0.15, 0.2) is 18.3 Å². The lowest BCUT2D eigenvalue weighted by atomic mass is 10.3. The Kier molecular flexibility index (Phi) is 5.05. The van der Waals surface area contributed by atoms with E-state index in [-0.39, 0.29) is 18.8 Å². The first-order valence-electron chi connectivity index (χ1n) is 5.09. The lowest BCUT2D eigenvalue weighted by Gasteiger charge is -2.07. The molecule has 7 nitrogen and oxygen atoms in total. The number of carboxylic acids is 1. The first-order chi connectivity index (χ1) is 8.43. The Morgan fingerprint density at radius 3 is 2.72 bits per heavy atom. The standard InChI is InChI=1S/C10H14N2O5S/c1-17-4-5-18(15,16)12-9-3-2-8(11-7-9)6-10(13)14/h2-3,7,12H,4-6H2,1H3,(H,13,14). The number of nitrogens with zero attached hydrogens (tertiary/aromatic N) is 1. The number of carboxylic acid groups (broad SMARTS) is 1. The van der Waals surface area contributed by atoms with E-state index in [0.717, 1.165) is 0 Å². The van der Waals surface area contributed by atoms with Crippen LogP contribution in [0.25, 0.3) is 0 Å². The average molecular weight is 274 g/mol. The van der Waals surface area contributed by atoms with Gasteiger partial charge in [-0.25, -0.2) is 8.42 Å². The van der Waals surface area contributed by atoms with Crippen LogP contribution in [-0.2, 0) is 26.0 Å². The van der Waals surface area contributed by atoms with E-state index in [2.05, 4.69) is 14.4 Å². The highest BCUT2D eigenvalue weighted by Crippen LogP contribution is 2.09. The topological polar surface area (TPSA) is 106 Å². The zero-order valence-corrected chi connectivity index (χ0v) is 10.6. The molecule has 0 spiro atoms. The van der Waals surface area contributed by atoms with Gasteiger partial charge in [-0.1, -0.05) is 0 Å². The molecule has 2 N–H and O–H groups in total. The van der Waals surface area contributed by atoms with Crippen molar-refractivity contribution < 1.29 is 23.1 Å². The molecule has 0 bridgehead atoms.